The van der Waals surface area contributed by atoms with Crippen LogP contribution >= 0.6 is 0 Å². The lowest BCUT2D eigenvalue weighted by Gasteiger charge is -2.61. The number of amides is 1. The molecular weight excluding hydrogens is 368 g/mol. The number of carbonyl (C=O) groups excluding carboxylic acids is 1. The van der Waals surface area contributed by atoms with Crippen LogP contribution in [-0.2, 0) is 25.9 Å². The van der Waals surface area contributed by atoms with E-state index in [2.05, 4.69) is 43.5 Å². The normalized spacial score (nSPS) is 43.8. The standard InChI is InChI=1S/C23H32N2O4/c1-14-5-8-17(9-6-14)13-24-25-20(26)16(3)19-10-7-15(2)18-11-12-22(4)27-21(25)23(18,19)29-28-22/h5-6,8-9,15-16,18-19,21,24H,7,10-13H2,1-4H3/t15-,16-,18+,19+,21-,22-,23-/m1/s1. The van der Waals surface area contributed by atoms with Gasteiger partial charge in [-0.25, -0.2) is 20.2 Å². The van der Waals surface area contributed by atoms with E-state index in [0.29, 0.717) is 18.4 Å². The van der Waals surface area contributed by atoms with Crippen LogP contribution in [0.4, 0.5) is 0 Å². The summed E-state index contributed by atoms with van der Waals surface area (Å²) in [5.74, 6) is 0.0753. The SMILES string of the molecule is Cc1ccc(CNN2C(=O)[C@H](C)[C@@H]3CC[C@@H](C)[C@@H]4CC[C@@]5(C)OO[C@]43[C@H]2O5)cc1. The molecule has 0 unspecified atom stereocenters. The van der Waals surface area contributed by atoms with Crippen LogP contribution in [0.2, 0.25) is 0 Å². The molecular formula is C23H32N2O4. The van der Waals surface area contributed by atoms with Gasteiger partial charge >= 0.3 is 0 Å². The Balaban J connectivity index is 1.51. The lowest BCUT2D eigenvalue weighted by molar-refractivity contribution is -0.549. The van der Waals surface area contributed by atoms with Crippen molar-refractivity contribution in [2.24, 2.45) is 23.7 Å². The molecule has 2 bridgehead atoms. The summed E-state index contributed by atoms with van der Waals surface area (Å²) in [7, 11) is 0. The number of nitrogens with zero attached hydrogens (tertiary/aromatic N) is 1. The van der Waals surface area contributed by atoms with Crippen molar-refractivity contribution in [1.82, 2.24) is 10.4 Å². The molecule has 0 radical (unpaired) electrons. The molecule has 4 saturated heterocycles. The van der Waals surface area contributed by atoms with Gasteiger partial charge in [0.1, 0.15) is 0 Å². The number of fused-ring (bicyclic) bond motifs is 2. The van der Waals surface area contributed by atoms with Crippen molar-refractivity contribution in [2.75, 3.05) is 0 Å². The van der Waals surface area contributed by atoms with Gasteiger partial charge in [0.25, 0.3) is 0 Å². The monoisotopic (exact) mass is 400 g/mol. The van der Waals surface area contributed by atoms with Gasteiger partial charge in [0.15, 0.2) is 11.8 Å². The smallest absolute Gasteiger partial charge is 0.242 e. The largest absolute Gasteiger partial charge is 0.319 e. The molecule has 7 atom stereocenters. The number of carbonyl (C=O) groups is 1. The van der Waals surface area contributed by atoms with Crippen molar-refractivity contribution in [3.8, 4) is 0 Å². The molecule has 1 saturated carbocycles. The zero-order chi connectivity index (χ0) is 20.4. The first-order valence-corrected chi connectivity index (χ1v) is 11.0. The number of aryl methyl sites for hydroxylation is 1. The summed E-state index contributed by atoms with van der Waals surface area (Å²) in [6.45, 7) is 8.91. The number of hydrazine groups is 1. The number of nitrogens with one attached hydrogen (secondary N) is 1. The average Bonchev–Trinajstić information content (AvgIpc) is 2.94. The molecule has 6 nitrogen and oxygen atoms in total. The molecule has 1 aliphatic carbocycles. The predicted octanol–water partition coefficient (Wildman–Crippen LogP) is 3.69. The third-order valence-corrected chi connectivity index (χ3v) is 7.84. The third kappa shape index (κ3) is 2.87. The summed E-state index contributed by atoms with van der Waals surface area (Å²) in [5, 5.41) is 1.72. The highest BCUT2D eigenvalue weighted by atomic mass is 17.3. The van der Waals surface area contributed by atoms with E-state index in [4.69, 9.17) is 14.5 Å². The fourth-order valence-electron chi connectivity index (χ4n) is 6.10. The Bertz CT molecular complexity index is 799. The Morgan fingerprint density at radius 2 is 1.86 bits per heavy atom. The summed E-state index contributed by atoms with van der Waals surface area (Å²) in [5.41, 5.74) is 5.13. The fraction of sp³-hybridized carbons (Fsp3) is 0.696. The van der Waals surface area contributed by atoms with Crippen LogP contribution in [0.1, 0.15) is 57.6 Å². The van der Waals surface area contributed by atoms with E-state index < -0.39 is 17.6 Å². The van der Waals surface area contributed by atoms with Crippen molar-refractivity contribution in [1.29, 1.82) is 0 Å². The van der Waals surface area contributed by atoms with Crippen LogP contribution < -0.4 is 5.43 Å². The van der Waals surface area contributed by atoms with E-state index in [-0.39, 0.29) is 17.7 Å². The van der Waals surface area contributed by atoms with Gasteiger partial charge in [-0.15, -0.1) is 0 Å². The highest BCUT2D eigenvalue weighted by Crippen LogP contribution is 2.60. The maximum atomic E-state index is 13.4. The molecule has 6 heteroatoms. The second-order valence-corrected chi connectivity index (χ2v) is 9.75. The van der Waals surface area contributed by atoms with Crippen LogP contribution in [-0.4, -0.2) is 28.5 Å². The molecule has 29 heavy (non-hydrogen) atoms. The molecule has 1 spiro atoms. The van der Waals surface area contributed by atoms with Gasteiger partial charge in [0, 0.05) is 24.8 Å². The number of benzene rings is 1. The van der Waals surface area contributed by atoms with Crippen molar-refractivity contribution < 1.29 is 19.3 Å². The van der Waals surface area contributed by atoms with Crippen molar-refractivity contribution in [2.45, 2.75) is 77.5 Å². The molecule has 5 aliphatic rings. The molecule has 6 rings (SSSR count). The Hall–Kier alpha value is -1.47. The van der Waals surface area contributed by atoms with Crippen LogP contribution in [0.5, 0.6) is 0 Å². The summed E-state index contributed by atoms with van der Waals surface area (Å²) < 4.78 is 6.51. The quantitative estimate of drug-likeness (QED) is 0.784. The topological polar surface area (TPSA) is 60.0 Å². The summed E-state index contributed by atoms with van der Waals surface area (Å²) in [6, 6.07) is 8.36. The molecule has 0 aromatic heterocycles. The van der Waals surface area contributed by atoms with Crippen LogP contribution in [0.15, 0.2) is 24.3 Å². The van der Waals surface area contributed by atoms with Crippen molar-refractivity contribution >= 4 is 5.91 Å². The Kier molecular flexibility index (Phi) is 4.55. The first kappa shape index (κ1) is 19.5. The molecule has 4 heterocycles. The second-order valence-electron chi connectivity index (χ2n) is 9.75. The summed E-state index contributed by atoms with van der Waals surface area (Å²) >= 11 is 0. The number of piperidine rings is 1. The van der Waals surface area contributed by atoms with Gasteiger partial charge in [-0.05, 0) is 50.5 Å². The molecule has 5 fully saturated rings. The third-order valence-electron chi connectivity index (χ3n) is 7.84. The minimum Gasteiger partial charge on any atom is -0.319 e. The fourth-order valence-corrected chi connectivity index (χ4v) is 6.10. The Morgan fingerprint density at radius 3 is 2.62 bits per heavy atom. The maximum absolute atomic E-state index is 13.4. The zero-order valence-corrected chi connectivity index (χ0v) is 17.8. The number of hydrogen-bond donors (Lipinski definition) is 1. The van der Waals surface area contributed by atoms with Crippen LogP contribution in [0, 0.1) is 30.6 Å². The van der Waals surface area contributed by atoms with Gasteiger partial charge in [0.2, 0.25) is 11.7 Å². The van der Waals surface area contributed by atoms with E-state index in [1.54, 1.807) is 5.01 Å². The summed E-state index contributed by atoms with van der Waals surface area (Å²) in [4.78, 5) is 25.6. The summed E-state index contributed by atoms with van der Waals surface area (Å²) in [6.07, 6.45) is 3.39. The van der Waals surface area contributed by atoms with E-state index in [9.17, 15) is 4.79 Å². The Labute approximate surface area is 172 Å². The molecule has 1 aromatic rings. The molecule has 4 aliphatic heterocycles. The predicted molar refractivity (Wildman–Crippen MR) is 107 cm³/mol. The van der Waals surface area contributed by atoms with Crippen molar-refractivity contribution in [3.05, 3.63) is 35.4 Å². The van der Waals surface area contributed by atoms with Crippen molar-refractivity contribution in [3.63, 3.8) is 0 Å². The highest BCUT2D eigenvalue weighted by molar-refractivity contribution is 5.80. The number of ether oxygens (including phenoxy) is 1. The zero-order valence-electron chi connectivity index (χ0n) is 17.8. The Morgan fingerprint density at radius 1 is 1.10 bits per heavy atom. The molecule has 158 valence electrons. The van der Waals surface area contributed by atoms with Gasteiger partial charge in [-0.2, -0.15) is 0 Å². The lowest BCUT2D eigenvalue weighted by atomic mass is 9.57. The minimum absolute atomic E-state index is 0.0887. The average molecular weight is 401 g/mol. The second kappa shape index (κ2) is 6.77. The van der Waals surface area contributed by atoms with E-state index in [1.165, 1.54) is 5.56 Å². The lowest BCUT2D eigenvalue weighted by Crippen LogP contribution is -2.76. The maximum Gasteiger partial charge on any atom is 0.242 e. The van der Waals surface area contributed by atoms with E-state index in [1.807, 2.05) is 13.8 Å². The van der Waals surface area contributed by atoms with E-state index in [0.717, 1.165) is 31.2 Å². The van der Waals surface area contributed by atoms with Gasteiger partial charge in [-0.1, -0.05) is 43.7 Å². The van der Waals surface area contributed by atoms with Gasteiger partial charge in [0.05, 0.1) is 0 Å². The molecule has 1 N–H and O–H groups in total. The van der Waals surface area contributed by atoms with Gasteiger partial charge < -0.3 is 4.74 Å². The van der Waals surface area contributed by atoms with Gasteiger partial charge in [-0.3, -0.25) is 4.79 Å². The molecule has 1 amide bonds. The first-order valence-electron chi connectivity index (χ1n) is 11.0. The number of rotatable bonds is 3. The minimum atomic E-state index is -0.817. The first-order chi connectivity index (χ1) is 13.8. The number of hydrogen-bond acceptors (Lipinski definition) is 5. The molecule has 1 aromatic carbocycles. The van der Waals surface area contributed by atoms with Crippen LogP contribution in [0.3, 0.4) is 0 Å². The van der Waals surface area contributed by atoms with E-state index >= 15 is 0 Å². The van der Waals surface area contributed by atoms with Crippen LogP contribution in [0.25, 0.3) is 0 Å². The highest BCUT2D eigenvalue weighted by Gasteiger charge is 2.70.